The van der Waals surface area contributed by atoms with Gasteiger partial charge in [0.05, 0.1) is 5.92 Å². The first kappa shape index (κ1) is 21.7. The summed E-state index contributed by atoms with van der Waals surface area (Å²) >= 11 is 0. The van der Waals surface area contributed by atoms with Gasteiger partial charge in [0.15, 0.2) is 0 Å². The fourth-order valence-corrected chi connectivity index (χ4v) is 4.28. The molecular weight excluding hydrogens is 373 g/mol. The number of hydrogen-bond acceptors (Lipinski definition) is 1. The van der Waals surface area contributed by atoms with E-state index < -0.39 is 12.0 Å². The number of rotatable bonds is 8. The Hall–Kier alpha value is -1.97. The molecule has 0 unspecified atom stereocenters. The molecule has 0 atom stereocenters. The molecular formula is C25H31F3O. The van der Waals surface area contributed by atoms with Gasteiger partial charge >= 0.3 is 6.11 Å². The van der Waals surface area contributed by atoms with E-state index >= 15 is 0 Å². The first-order chi connectivity index (χ1) is 13.9. The Morgan fingerprint density at radius 3 is 2.48 bits per heavy atom. The summed E-state index contributed by atoms with van der Waals surface area (Å²) in [5, 5.41) is 1.44. The number of benzene rings is 2. The van der Waals surface area contributed by atoms with Gasteiger partial charge in [0.25, 0.3) is 0 Å². The molecule has 0 radical (unpaired) electrons. The maximum absolute atomic E-state index is 14.7. The molecule has 0 saturated heterocycles. The fraction of sp³-hybridized carbons (Fsp3) is 0.520. The lowest BCUT2D eigenvalue weighted by Gasteiger charge is -2.32. The molecule has 2 aromatic carbocycles. The van der Waals surface area contributed by atoms with Gasteiger partial charge in [-0.05, 0) is 92.0 Å². The summed E-state index contributed by atoms with van der Waals surface area (Å²) < 4.78 is 49.0. The Balaban J connectivity index is 1.70. The number of hydrogen-bond donors (Lipinski definition) is 0. The molecule has 0 heterocycles. The largest absolute Gasteiger partial charge is 0.432 e. The minimum Gasteiger partial charge on any atom is -0.432 e. The number of unbranched alkanes of at least 4 members (excludes halogenated alkanes) is 2. The Kier molecular flexibility index (Phi) is 7.26. The van der Waals surface area contributed by atoms with Gasteiger partial charge in [-0.3, -0.25) is 0 Å². The van der Waals surface area contributed by atoms with Crippen LogP contribution in [-0.4, -0.2) is 6.11 Å². The Morgan fingerprint density at radius 1 is 1.03 bits per heavy atom. The third-order valence-electron chi connectivity index (χ3n) is 5.99. The standard InChI is InChI=1S/C25H31F3O/c1-3-5-6-8-20-15-19-11-14-23(16-21(19)17-24(20)26)29-25(27,28)22-12-9-18(7-4-2)10-13-22/h4,7,11,14-18,22H,3,5-6,8-10,12-13H2,1-2H3/b7-4+. The second-order valence-corrected chi connectivity index (χ2v) is 8.21. The van der Waals surface area contributed by atoms with E-state index in [1.54, 1.807) is 12.1 Å². The number of fused-ring (bicyclic) bond motifs is 1. The molecule has 2 aromatic rings. The van der Waals surface area contributed by atoms with Crippen molar-refractivity contribution in [3.8, 4) is 5.75 Å². The molecule has 1 nitrogen and oxygen atoms in total. The van der Waals surface area contributed by atoms with Gasteiger partial charge in [-0.15, -0.1) is 0 Å². The van der Waals surface area contributed by atoms with Crippen molar-refractivity contribution in [3.05, 3.63) is 53.9 Å². The van der Waals surface area contributed by atoms with Crippen LogP contribution in [0, 0.1) is 17.7 Å². The number of alkyl halides is 2. The molecule has 1 fully saturated rings. The van der Waals surface area contributed by atoms with Crippen molar-refractivity contribution in [2.24, 2.45) is 11.8 Å². The van der Waals surface area contributed by atoms with Crippen molar-refractivity contribution in [2.45, 2.75) is 71.3 Å². The van der Waals surface area contributed by atoms with Gasteiger partial charge in [0, 0.05) is 0 Å². The summed E-state index contributed by atoms with van der Waals surface area (Å²) in [6, 6.07) is 8.09. The van der Waals surface area contributed by atoms with E-state index in [2.05, 4.69) is 13.0 Å². The predicted octanol–water partition coefficient (Wildman–Crippen LogP) is 8.07. The van der Waals surface area contributed by atoms with Crippen molar-refractivity contribution in [1.29, 1.82) is 0 Å². The topological polar surface area (TPSA) is 9.23 Å². The van der Waals surface area contributed by atoms with Crippen LogP contribution in [0.15, 0.2) is 42.5 Å². The van der Waals surface area contributed by atoms with Gasteiger partial charge in [0.1, 0.15) is 11.6 Å². The van der Waals surface area contributed by atoms with E-state index in [0.717, 1.165) is 37.5 Å². The summed E-state index contributed by atoms with van der Waals surface area (Å²) in [6.07, 6.45) is 7.09. The number of ether oxygens (including phenoxy) is 1. The minimum atomic E-state index is -3.22. The molecule has 29 heavy (non-hydrogen) atoms. The maximum Gasteiger partial charge on any atom is 0.400 e. The Morgan fingerprint density at radius 2 is 1.79 bits per heavy atom. The van der Waals surface area contributed by atoms with Crippen LogP contribution in [0.1, 0.15) is 64.4 Å². The van der Waals surface area contributed by atoms with E-state index in [1.165, 1.54) is 12.1 Å². The lowest BCUT2D eigenvalue weighted by Crippen LogP contribution is -2.37. The van der Waals surface area contributed by atoms with Crippen molar-refractivity contribution in [1.82, 2.24) is 0 Å². The molecule has 0 bridgehead atoms. The van der Waals surface area contributed by atoms with Crippen LogP contribution in [0.2, 0.25) is 0 Å². The minimum absolute atomic E-state index is 0.0937. The lowest BCUT2D eigenvalue weighted by molar-refractivity contribution is -0.222. The Labute approximate surface area is 172 Å². The third kappa shape index (κ3) is 5.55. The van der Waals surface area contributed by atoms with E-state index in [1.807, 2.05) is 19.1 Å². The van der Waals surface area contributed by atoms with Crippen molar-refractivity contribution >= 4 is 10.8 Å². The van der Waals surface area contributed by atoms with Crippen LogP contribution >= 0.6 is 0 Å². The van der Waals surface area contributed by atoms with E-state index in [4.69, 9.17) is 4.74 Å². The number of allylic oxidation sites excluding steroid dienone is 2. The zero-order chi connectivity index (χ0) is 20.9. The number of aryl methyl sites for hydroxylation is 1. The molecule has 0 aliphatic heterocycles. The molecule has 1 aliphatic carbocycles. The maximum atomic E-state index is 14.7. The molecule has 3 rings (SSSR count). The molecule has 4 heteroatoms. The van der Waals surface area contributed by atoms with Gasteiger partial charge < -0.3 is 4.74 Å². The van der Waals surface area contributed by atoms with Crippen molar-refractivity contribution < 1.29 is 17.9 Å². The third-order valence-corrected chi connectivity index (χ3v) is 5.99. The van der Waals surface area contributed by atoms with Crippen LogP contribution < -0.4 is 4.74 Å². The van der Waals surface area contributed by atoms with Gasteiger partial charge in [-0.1, -0.05) is 38.0 Å². The smallest absolute Gasteiger partial charge is 0.400 e. The molecule has 0 spiro atoms. The summed E-state index contributed by atoms with van der Waals surface area (Å²) in [5.74, 6) is -0.573. The highest BCUT2D eigenvalue weighted by molar-refractivity contribution is 5.84. The molecule has 1 saturated carbocycles. The highest BCUT2D eigenvalue weighted by Crippen LogP contribution is 2.40. The normalized spacial score (nSPS) is 20.4. The Bertz CT molecular complexity index is 835. The summed E-state index contributed by atoms with van der Waals surface area (Å²) in [6.45, 7) is 4.07. The van der Waals surface area contributed by atoms with Gasteiger partial charge in [-0.25, -0.2) is 4.39 Å². The molecule has 1 aliphatic rings. The lowest BCUT2D eigenvalue weighted by atomic mass is 9.81. The van der Waals surface area contributed by atoms with Crippen molar-refractivity contribution in [2.75, 3.05) is 0 Å². The average Bonchev–Trinajstić information content (AvgIpc) is 2.69. The molecule has 0 N–H and O–H groups in total. The molecule has 158 valence electrons. The first-order valence-electron chi connectivity index (χ1n) is 10.8. The highest BCUT2D eigenvalue weighted by atomic mass is 19.3. The predicted molar refractivity (Wildman–Crippen MR) is 113 cm³/mol. The van der Waals surface area contributed by atoms with E-state index in [0.29, 0.717) is 36.1 Å². The second-order valence-electron chi connectivity index (χ2n) is 8.21. The van der Waals surface area contributed by atoms with Crippen molar-refractivity contribution in [3.63, 3.8) is 0 Å². The second kappa shape index (κ2) is 9.69. The summed E-state index contributed by atoms with van der Waals surface area (Å²) in [5.41, 5.74) is 0.683. The van der Waals surface area contributed by atoms with E-state index in [9.17, 15) is 13.2 Å². The van der Waals surface area contributed by atoms with Crippen LogP contribution in [0.4, 0.5) is 13.2 Å². The van der Waals surface area contributed by atoms with E-state index in [-0.39, 0.29) is 11.6 Å². The quantitative estimate of drug-likeness (QED) is 0.319. The SMILES string of the molecule is C/C=C/C1CCC(C(F)(F)Oc2ccc3cc(CCCCC)c(F)cc3c2)CC1. The first-order valence-corrected chi connectivity index (χ1v) is 10.8. The monoisotopic (exact) mass is 404 g/mol. The van der Waals surface area contributed by atoms with Crippen LogP contribution in [0.5, 0.6) is 5.75 Å². The van der Waals surface area contributed by atoms with Gasteiger partial charge in [-0.2, -0.15) is 8.78 Å². The molecule has 0 aromatic heterocycles. The summed E-state index contributed by atoms with van der Waals surface area (Å²) in [4.78, 5) is 0. The highest BCUT2D eigenvalue weighted by Gasteiger charge is 2.43. The summed E-state index contributed by atoms with van der Waals surface area (Å²) in [7, 11) is 0. The van der Waals surface area contributed by atoms with Crippen LogP contribution in [-0.2, 0) is 6.42 Å². The van der Waals surface area contributed by atoms with Crippen LogP contribution in [0.3, 0.4) is 0 Å². The number of halogens is 3. The zero-order valence-corrected chi connectivity index (χ0v) is 17.4. The average molecular weight is 405 g/mol. The fourth-order valence-electron chi connectivity index (χ4n) is 4.28. The van der Waals surface area contributed by atoms with Crippen LogP contribution in [0.25, 0.3) is 10.8 Å². The molecule has 0 amide bonds. The van der Waals surface area contributed by atoms with Gasteiger partial charge in [0.2, 0.25) is 0 Å². The zero-order valence-electron chi connectivity index (χ0n) is 17.4.